The molecule has 4 N–H and O–H groups in total. The van der Waals surface area contributed by atoms with Gasteiger partial charge in [-0.15, -0.1) is 0 Å². The maximum absolute atomic E-state index is 10.9. The molecule has 0 radical (unpaired) electrons. The average Bonchev–Trinajstić information content (AvgIpc) is 2.20. The monoisotopic (exact) mass is 246 g/mol. The van der Waals surface area contributed by atoms with Crippen LogP contribution in [-0.2, 0) is 14.4 Å². The first kappa shape index (κ1) is 15.5. The van der Waals surface area contributed by atoms with E-state index in [0.29, 0.717) is 6.29 Å². The van der Waals surface area contributed by atoms with Gasteiger partial charge in [0.05, 0.1) is 12.1 Å². The highest BCUT2D eigenvalue weighted by Gasteiger charge is 2.31. The van der Waals surface area contributed by atoms with E-state index in [9.17, 15) is 24.6 Å². The third-order valence-electron chi connectivity index (χ3n) is 2.14. The van der Waals surface area contributed by atoms with Crippen molar-refractivity contribution in [3.05, 3.63) is 0 Å². The Hall–Kier alpha value is -1.47. The van der Waals surface area contributed by atoms with Crippen LogP contribution in [0.25, 0.3) is 0 Å². The Morgan fingerprint density at radius 1 is 1.12 bits per heavy atom. The molecule has 17 heavy (non-hydrogen) atoms. The summed E-state index contributed by atoms with van der Waals surface area (Å²) >= 11 is 0. The summed E-state index contributed by atoms with van der Waals surface area (Å²) in [5, 5.41) is 23.8. The van der Waals surface area contributed by atoms with E-state index in [2.05, 4.69) is 10.6 Å². The Morgan fingerprint density at radius 2 is 1.59 bits per heavy atom. The van der Waals surface area contributed by atoms with E-state index in [0.717, 1.165) is 0 Å². The molecule has 4 atom stereocenters. The molecule has 98 valence electrons. The van der Waals surface area contributed by atoms with Gasteiger partial charge >= 0.3 is 0 Å². The fraction of sp³-hybridized carbons (Fsp3) is 0.700. The summed E-state index contributed by atoms with van der Waals surface area (Å²) in [6.45, 7) is 3.77. The number of nitrogens with one attached hydrogen (secondary N) is 2. The van der Waals surface area contributed by atoms with Crippen LogP contribution in [0.15, 0.2) is 0 Å². The van der Waals surface area contributed by atoms with Gasteiger partial charge in [0.25, 0.3) is 0 Å². The molecule has 0 heterocycles. The molecular formula is C10H18N2O5. The molecule has 7 heteroatoms. The zero-order valence-corrected chi connectivity index (χ0v) is 10.0. The molecule has 0 saturated heterocycles. The van der Waals surface area contributed by atoms with Crippen LogP contribution < -0.4 is 10.6 Å². The predicted octanol–water partition coefficient (Wildman–Crippen LogP) is -2.06. The number of hydrogen-bond donors (Lipinski definition) is 4. The minimum atomic E-state index is -1.40. The molecule has 0 aliphatic heterocycles. The topological polar surface area (TPSA) is 116 Å². The number of aliphatic hydroxyl groups is 2. The van der Waals surface area contributed by atoms with Crippen molar-refractivity contribution in [3.63, 3.8) is 0 Å². The molecule has 0 aromatic heterocycles. The molecule has 0 aliphatic rings. The Bertz CT molecular complexity index is 292. The van der Waals surface area contributed by atoms with Crippen molar-refractivity contribution in [2.45, 2.75) is 45.1 Å². The van der Waals surface area contributed by atoms with E-state index in [-0.39, 0.29) is 0 Å². The summed E-state index contributed by atoms with van der Waals surface area (Å²) in [6, 6.07) is -2.21. The van der Waals surface area contributed by atoms with Crippen LogP contribution in [0.4, 0.5) is 0 Å². The normalized spacial score (nSPS) is 17.5. The first-order valence-electron chi connectivity index (χ1n) is 5.15. The van der Waals surface area contributed by atoms with E-state index >= 15 is 0 Å². The summed E-state index contributed by atoms with van der Waals surface area (Å²) in [6.07, 6.45) is -2.12. The van der Waals surface area contributed by atoms with Gasteiger partial charge in [-0.05, 0) is 6.92 Å². The van der Waals surface area contributed by atoms with Crippen LogP contribution in [-0.4, -0.2) is 52.6 Å². The van der Waals surface area contributed by atoms with Crippen LogP contribution >= 0.6 is 0 Å². The van der Waals surface area contributed by atoms with Gasteiger partial charge in [-0.2, -0.15) is 0 Å². The highest BCUT2D eigenvalue weighted by molar-refractivity contribution is 5.78. The van der Waals surface area contributed by atoms with Crippen molar-refractivity contribution in [1.29, 1.82) is 0 Å². The van der Waals surface area contributed by atoms with Crippen LogP contribution in [0.2, 0.25) is 0 Å². The van der Waals surface area contributed by atoms with Gasteiger partial charge in [0.1, 0.15) is 18.4 Å². The summed E-state index contributed by atoms with van der Waals surface area (Å²) in [5.74, 6) is -0.948. The van der Waals surface area contributed by atoms with Crippen molar-refractivity contribution in [2.75, 3.05) is 0 Å². The second kappa shape index (κ2) is 6.97. The summed E-state index contributed by atoms with van der Waals surface area (Å²) < 4.78 is 0. The van der Waals surface area contributed by atoms with Crippen LogP contribution in [0.5, 0.6) is 0 Å². The minimum Gasteiger partial charge on any atom is -0.391 e. The third kappa shape index (κ3) is 5.41. The number of aliphatic hydroxyl groups excluding tert-OH is 2. The Kier molecular flexibility index (Phi) is 6.37. The molecule has 0 saturated carbocycles. The third-order valence-corrected chi connectivity index (χ3v) is 2.14. The smallest absolute Gasteiger partial charge is 0.217 e. The molecule has 2 amide bonds. The highest BCUT2D eigenvalue weighted by Crippen LogP contribution is 2.04. The predicted molar refractivity (Wildman–Crippen MR) is 59.0 cm³/mol. The Morgan fingerprint density at radius 3 is 1.88 bits per heavy atom. The first-order chi connectivity index (χ1) is 7.79. The molecular weight excluding hydrogens is 228 g/mol. The van der Waals surface area contributed by atoms with Gasteiger partial charge in [-0.3, -0.25) is 9.59 Å². The largest absolute Gasteiger partial charge is 0.391 e. The SMILES string of the molecule is CC(=O)N[C@@H]([C@H](O)[C@@H](C=O)NC(C)=O)[C@H](C)O. The quantitative estimate of drug-likeness (QED) is 0.402. The van der Waals surface area contributed by atoms with Gasteiger partial charge in [0, 0.05) is 13.8 Å². The number of rotatable bonds is 6. The summed E-state index contributed by atoms with van der Waals surface area (Å²) in [7, 11) is 0. The van der Waals surface area contributed by atoms with Gasteiger partial charge in [-0.25, -0.2) is 0 Å². The fourth-order valence-electron chi connectivity index (χ4n) is 1.38. The molecule has 7 nitrogen and oxygen atoms in total. The number of amides is 2. The molecule has 0 fully saturated rings. The first-order valence-corrected chi connectivity index (χ1v) is 5.15. The molecule has 0 bridgehead atoms. The number of hydrogen-bond acceptors (Lipinski definition) is 5. The fourth-order valence-corrected chi connectivity index (χ4v) is 1.38. The van der Waals surface area contributed by atoms with E-state index in [1.54, 1.807) is 0 Å². The van der Waals surface area contributed by atoms with E-state index in [1.807, 2.05) is 0 Å². The lowest BCUT2D eigenvalue weighted by atomic mass is 9.99. The van der Waals surface area contributed by atoms with Crippen molar-refractivity contribution in [1.82, 2.24) is 10.6 Å². The Balaban J connectivity index is 4.77. The second-order valence-corrected chi connectivity index (χ2v) is 3.82. The average molecular weight is 246 g/mol. The molecule has 0 aromatic carbocycles. The zero-order chi connectivity index (χ0) is 13.6. The minimum absolute atomic E-state index is 0.350. The Labute approximate surface area is 99.2 Å². The van der Waals surface area contributed by atoms with E-state index in [4.69, 9.17) is 0 Å². The van der Waals surface area contributed by atoms with Gasteiger partial charge < -0.3 is 25.6 Å². The second-order valence-electron chi connectivity index (χ2n) is 3.82. The van der Waals surface area contributed by atoms with Crippen molar-refractivity contribution in [2.24, 2.45) is 0 Å². The standard InChI is InChI=1S/C10H18N2O5/c1-5(14)9(12-7(3)16)10(17)8(4-13)11-6(2)15/h4-5,8-10,14,17H,1-3H3,(H,11,15)(H,12,16)/t5-,8+,9+,10+/m0/s1. The van der Waals surface area contributed by atoms with E-state index in [1.165, 1.54) is 20.8 Å². The lowest BCUT2D eigenvalue weighted by Crippen LogP contribution is -2.58. The van der Waals surface area contributed by atoms with Crippen LogP contribution in [0, 0.1) is 0 Å². The highest BCUT2D eigenvalue weighted by atomic mass is 16.3. The van der Waals surface area contributed by atoms with Gasteiger partial charge in [0.15, 0.2) is 0 Å². The van der Waals surface area contributed by atoms with Gasteiger partial charge in [-0.1, -0.05) is 0 Å². The lowest BCUT2D eigenvalue weighted by Gasteiger charge is -2.29. The summed E-state index contributed by atoms with van der Waals surface area (Å²) in [5.41, 5.74) is 0. The summed E-state index contributed by atoms with van der Waals surface area (Å²) in [4.78, 5) is 32.4. The molecule has 0 aromatic rings. The van der Waals surface area contributed by atoms with Crippen LogP contribution in [0.3, 0.4) is 0 Å². The molecule has 0 rings (SSSR count). The number of carbonyl (C=O) groups is 3. The molecule has 0 aliphatic carbocycles. The molecule has 0 unspecified atom stereocenters. The zero-order valence-electron chi connectivity index (χ0n) is 10.0. The lowest BCUT2D eigenvalue weighted by molar-refractivity contribution is -0.126. The van der Waals surface area contributed by atoms with E-state index < -0.39 is 36.1 Å². The van der Waals surface area contributed by atoms with Gasteiger partial charge in [0.2, 0.25) is 11.8 Å². The van der Waals surface area contributed by atoms with Crippen molar-refractivity contribution >= 4 is 18.1 Å². The number of aldehydes is 1. The number of carbonyl (C=O) groups excluding carboxylic acids is 3. The molecule has 0 spiro atoms. The van der Waals surface area contributed by atoms with Crippen molar-refractivity contribution < 1.29 is 24.6 Å². The maximum Gasteiger partial charge on any atom is 0.217 e. The van der Waals surface area contributed by atoms with Crippen LogP contribution in [0.1, 0.15) is 20.8 Å². The van der Waals surface area contributed by atoms with Crippen molar-refractivity contribution in [3.8, 4) is 0 Å². The maximum atomic E-state index is 10.9.